The van der Waals surface area contributed by atoms with E-state index in [-0.39, 0.29) is 11.9 Å². The van der Waals surface area contributed by atoms with Crippen molar-refractivity contribution >= 4 is 11.5 Å². The van der Waals surface area contributed by atoms with Gasteiger partial charge in [-0.1, -0.05) is 26.0 Å². The molecule has 1 aromatic carbocycles. The zero-order valence-electron chi connectivity index (χ0n) is 11.4. The van der Waals surface area contributed by atoms with Gasteiger partial charge < -0.3 is 9.47 Å². The van der Waals surface area contributed by atoms with E-state index in [2.05, 4.69) is 4.74 Å². The largest absolute Gasteiger partial charge is 0.494 e. The lowest BCUT2D eigenvalue weighted by atomic mass is 9.95. The quantitative estimate of drug-likeness (QED) is 0.592. The fourth-order valence-electron chi connectivity index (χ4n) is 1.68. The first kappa shape index (κ1) is 14.3. The monoisotopic (exact) mass is 248 g/mol. The van der Waals surface area contributed by atoms with Gasteiger partial charge in [-0.3, -0.25) is 0 Å². The van der Waals surface area contributed by atoms with Crippen LogP contribution in [0, 0.1) is 5.92 Å². The van der Waals surface area contributed by atoms with Crippen molar-refractivity contribution in [3.63, 3.8) is 0 Å². The smallest absolute Gasteiger partial charge is 0.330 e. The van der Waals surface area contributed by atoms with Gasteiger partial charge in [-0.05, 0) is 36.1 Å². The molecule has 0 aliphatic rings. The molecule has 0 N–H and O–H groups in total. The van der Waals surface area contributed by atoms with E-state index in [4.69, 9.17) is 4.74 Å². The van der Waals surface area contributed by atoms with Crippen molar-refractivity contribution in [3.05, 3.63) is 35.9 Å². The second-order valence-corrected chi connectivity index (χ2v) is 4.23. The summed E-state index contributed by atoms with van der Waals surface area (Å²) in [5.74, 6) is 0.761. The summed E-state index contributed by atoms with van der Waals surface area (Å²) in [6, 6.07) is 7.73. The van der Waals surface area contributed by atoms with E-state index >= 15 is 0 Å². The van der Waals surface area contributed by atoms with E-state index < -0.39 is 0 Å². The van der Waals surface area contributed by atoms with Crippen molar-refractivity contribution in [1.29, 1.82) is 0 Å². The number of benzene rings is 1. The van der Waals surface area contributed by atoms with Crippen molar-refractivity contribution in [3.8, 4) is 5.75 Å². The molecular weight excluding hydrogens is 228 g/mol. The van der Waals surface area contributed by atoms with E-state index in [0.717, 1.165) is 16.9 Å². The number of methoxy groups -OCH3 is 1. The molecule has 0 fully saturated rings. The minimum atomic E-state index is -0.326. The van der Waals surface area contributed by atoms with Crippen LogP contribution in [0.15, 0.2) is 30.3 Å². The molecule has 0 spiro atoms. The van der Waals surface area contributed by atoms with Crippen molar-refractivity contribution in [2.75, 3.05) is 13.7 Å². The highest BCUT2D eigenvalue weighted by Crippen LogP contribution is 2.25. The number of ether oxygens (including phenoxy) is 2. The van der Waals surface area contributed by atoms with E-state index in [1.54, 1.807) is 6.08 Å². The predicted molar refractivity (Wildman–Crippen MR) is 72.4 cm³/mol. The first-order chi connectivity index (χ1) is 8.58. The molecule has 3 heteroatoms. The van der Waals surface area contributed by atoms with Gasteiger partial charge in [-0.15, -0.1) is 0 Å². The molecule has 0 saturated heterocycles. The van der Waals surface area contributed by atoms with E-state index in [1.807, 2.05) is 45.0 Å². The van der Waals surface area contributed by atoms with Crippen LogP contribution in [0.5, 0.6) is 5.75 Å². The summed E-state index contributed by atoms with van der Waals surface area (Å²) < 4.78 is 10.1. The molecule has 98 valence electrons. The van der Waals surface area contributed by atoms with Gasteiger partial charge in [0.25, 0.3) is 0 Å². The maximum absolute atomic E-state index is 11.3. The van der Waals surface area contributed by atoms with Crippen LogP contribution in [-0.4, -0.2) is 19.7 Å². The normalized spacial score (nSPS) is 11.5. The fraction of sp³-hybridized carbons (Fsp3) is 0.400. The van der Waals surface area contributed by atoms with Gasteiger partial charge in [-0.2, -0.15) is 0 Å². The zero-order chi connectivity index (χ0) is 13.5. The maximum Gasteiger partial charge on any atom is 0.330 e. The molecule has 3 nitrogen and oxygen atoms in total. The van der Waals surface area contributed by atoms with Crippen molar-refractivity contribution < 1.29 is 14.3 Å². The van der Waals surface area contributed by atoms with Gasteiger partial charge in [0.15, 0.2) is 0 Å². The Morgan fingerprint density at radius 2 is 1.89 bits per heavy atom. The number of hydrogen-bond acceptors (Lipinski definition) is 3. The fourth-order valence-corrected chi connectivity index (χ4v) is 1.68. The highest BCUT2D eigenvalue weighted by Gasteiger charge is 2.09. The summed E-state index contributed by atoms with van der Waals surface area (Å²) in [7, 11) is 1.38. The lowest BCUT2D eigenvalue weighted by molar-refractivity contribution is -0.134. The van der Waals surface area contributed by atoms with Gasteiger partial charge in [0, 0.05) is 6.08 Å². The second-order valence-electron chi connectivity index (χ2n) is 4.23. The third-order valence-corrected chi connectivity index (χ3v) is 2.60. The molecule has 0 unspecified atom stereocenters. The van der Waals surface area contributed by atoms with Crippen LogP contribution in [0.25, 0.3) is 5.57 Å². The maximum atomic E-state index is 11.3. The van der Waals surface area contributed by atoms with Gasteiger partial charge >= 0.3 is 5.97 Å². The standard InChI is InChI=1S/C15H20O3/c1-5-18-13-8-6-12(7-9-13)14(11(2)3)10-15(16)17-4/h6-11H,5H2,1-4H3. The van der Waals surface area contributed by atoms with Crippen LogP contribution in [0.3, 0.4) is 0 Å². The topological polar surface area (TPSA) is 35.5 Å². The lowest BCUT2D eigenvalue weighted by Gasteiger charge is -2.12. The highest BCUT2D eigenvalue weighted by molar-refractivity contribution is 5.91. The summed E-state index contributed by atoms with van der Waals surface area (Å²) in [6.07, 6.45) is 1.54. The average Bonchev–Trinajstić information content (AvgIpc) is 2.37. The van der Waals surface area contributed by atoms with E-state index in [0.29, 0.717) is 6.61 Å². The number of allylic oxidation sites excluding steroid dienone is 1. The van der Waals surface area contributed by atoms with Crippen LogP contribution in [0.2, 0.25) is 0 Å². The summed E-state index contributed by atoms with van der Waals surface area (Å²) in [5.41, 5.74) is 1.98. The molecule has 18 heavy (non-hydrogen) atoms. The molecule has 0 heterocycles. The molecule has 0 radical (unpaired) electrons. The Labute approximate surface area is 108 Å². The summed E-state index contributed by atoms with van der Waals surface area (Å²) >= 11 is 0. The summed E-state index contributed by atoms with van der Waals surface area (Å²) in [6.45, 7) is 6.69. The van der Waals surface area contributed by atoms with Crippen LogP contribution in [0.4, 0.5) is 0 Å². The third kappa shape index (κ3) is 3.91. The van der Waals surface area contributed by atoms with Crippen LogP contribution in [0.1, 0.15) is 26.3 Å². The van der Waals surface area contributed by atoms with Crippen molar-refractivity contribution in [2.45, 2.75) is 20.8 Å². The Hall–Kier alpha value is -1.77. The zero-order valence-corrected chi connectivity index (χ0v) is 11.4. The summed E-state index contributed by atoms with van der Waals surface area (Å²) in [5, 5.41) is 0. The molecule has 0 bridgehead atoms. The van der Waals surface area contributed by atoms with E-state index in [1.165, 1.54) is 7.11 Å². The van der Waals surface area contributed by atoms with Crippen molar-refractivity contribution in [2.24, 2.45) is 5.92 Å². The van der Waals surface area contributed by atoms with Crippen molar-refractivity contribution in [1.82, 2.24) is 0 Å². The van der Waals surface area contributed by atoms with Gasteiger partial charge in [0.1, 0.15) is 5.75 Å². The number of carbonyl (C=O) groups is 1. The minimum absolute atomic E-state index is 0.252. The lowest BCUT2D eigenvalue weighted by Crippen LogP contribution is -2.01. The molecule has 0 amide bonds. The Kier molecular flexibility index (Phi) is 5.43. The summed E-state index contributed by atoms with van der Waals surface area (Å²) in [4.78, 5) is 11.3. The molecule has 0 aliphatic heterocycles. The van der Waals surface area contributed by atoms with Gasteiger partial charge in [-0.25, -0.2) is 4.79 Å². The Balaban J connectivity index is 3.00. The Bertz CT molecular complexity index is 416. The number of rotatable bonds is 5. The second kappa shape index (κ2) is 6.84. The Morgan fingerprint density at radius 1 is 1.28 bits per heavy atom. The first-order valence-electron chi connectivity index (χ1n) is 6.11. The van der Waals surface area contributed by atoms with Crippen LogP contribution >= 0.6 is 0 Å². The van der Waals surface area contributed by atoms with Gasteiger partial charge in [0.05, 0.1) is 13.7 Å². The number of esters is 1. The molecule has 1 rings (SSSR count). The van der Waals surface area contributed by atoms with Crippen LogP contribution in [-0.2, 0) is 9.53 Å². The molecule has 0 aliphatic carbocycles. The first-order valence-corrected chi connectivity index (χ1v) is 6.11. The molecule has 0 saturated carbocycles. The molecule has 0 aromatic heterocycles. The number of hydrogen-bond donors (Lipinski definition) is 0. The third-order valence-electron chi connectivity index (χ3n) is 2.60. The molecular formula is C15H20O3. The number of carbonyl (C=O) groups excluding carboxylic acids is 1. The van der Waals surface area contributed by atoms with Gasteiger partial charge in [0.2, 0.25) is 0 Å². The molecule has 1 aromatic rings. The van der Waals surface area contributed by atoms with Crippen LogP contribution < -0.4 is 4.74 Å². The average molecular weight is 248 g/mol. The predicted octanol–water partition coefficient (Wildman–Crippen LogP) is 3.30. The minimum Gasteiger partial charge on any atom is -0.494 e. The Morgan fingerprint density at radius 3 is 2.33 bits per heavy atom. The highest BCUT2D eigenvalue weighted by atomic mass is 16.5. The van der Waals surface area contributed by atoms with E-state index in [9.17, 15) is 4.79 Å². The molecule has 0 atom stereocenters. The SMILES string of the molecule is CCOc1ccc(C(=CC(=O)OC)C(C)C)cc1.